The van der Waals surface area contributed by atoms with Crippen molar-refractivity contribution < 1.29 is 4.74 Å². The van der Waals surface area contributed by atoms with Gasteiger partial charge in [-0.05, 0) is 84.8 Å². The van der Waals surface area contributed by atoms with Crippen molar-refractivity contribution in [1.29, 1.82) is 0 Å². The highest BCUT2D eigenvalue weighted by Gasteiger charge is 2.34. The zero-order chi connectivity index (χ0) is 23.9. The summed E-state index contributed by atoms with van der Waals surface area (Å²) in [6, 6.07) is 14.2. The van der Waals surface area contributed by atoms with Crippen molar-refractivity contribution in [3.63, 3.8) is 0 Å². The highest BCUT2D eigenvalue weighted by molar-refractivity contribution is 5.83. The van der Waals surface area contributed by atoms with Crippen molar-refractivity contribution in [2.24, 2.45) is 0 Å². The van der Waals surface area contributed by atoms with Gasteiger partial charge in [-0.3, -0.25) is 4.79 Å². The first-order chi connectivity index (χ1) is 17.1. The number of fused-ring (bicyclic) bond motifs is 2. The lowest BCUT2D eigenvalue weighted by Gasteiger charge is -2.37. The maximum absolute atomic E-state index is 13.6. The van der Waals surface area contributed by atoms with Crippen LogP contribution >= 0.6 is 0 Å². The van der Waals surface area contributed by atoms with Crippen LogP contribution in [0.4, 0.5) is 5.69 Å². The first-order valence-electron chi connectivity index (χ1n) is 12.4. The molecule has 35 heavy (non-hydrogen) atoms. The molecule has 2 aliphatic rings. The van der Waals surface area contributed by atoms with E-state index in [1.165, 1.54) is 5.56 Å². The molecule has 4 heterocycles. The predicted molar refractivity (Wildman–Crippen MR) is 135 cm³/mol. The number of aryl methyl sites for hydroxylation is 3. The molecule has 0 amide bonds. The Bertz CT molecular complexity index is 1440. The number of rotatable bonds is 5. The smallest absolute Gasteiger partial charge is 0.254 e. The molecule has 1 saturated heterocycles. The van der Waals surface area contributed by atoms with Crippen molar-refractivity contribution in [1.82, 2.24) is 25.2 Å². The molecule has 0 bridgehead atoms. The van der Waals surface area contributed by atoms with Gasteiger partial charge in [0.1, 0.15) is 6.04 Å². The molecule has 0 radical (unpaired) electrons. The van der Waals surface area contributed by atoms with Crippen LogP contribution in [0.3, 0.4) is 0 Å². The summed E-state index contributed by atoms with van der Waals surface area (Å²) < 4.78 is 7.72. The molecule has 2 aliphatic heterocycles. The largest absolute Gasteiger partial charge is 0.376 e. The van der Waals surface area contributed by atoms with Gasteiger partial charge in [0.25, 0.3) is 5.56 Å². The number of para-hydroxylation sites is 1. The Morgan fingerprint density at radius 2 is 2.06 bits per heavy atom. The number of aromatic amines is 1. The number of hydrogen-bond acceptors (Lipinski definition) is 6. The predicted octanol–water partition coefficient (Wildman–Crippen LogP) is 3.85. The topological polar surface area (TPSA) is 88.9 Å². The van der Waals surface area contributed by atoms with E-state index in [9.17, 15) is 4.79 Å². The molecular formula is C27H30N6O2. The minimum Gasteiger partial charge on any atom is -0.376 e. The normalized spacial score (nSPS) is 18.7. The van der Waals surface area contributed by atoms with E-state index >= 15 is 0 Å². The Morgan fingerprint density at radius 1 is 1.17 bits per heavy atom. The summed E-state index contributed by atoms with van der Waals surface area (Å²) in [6.45, 7) is 6.31. The van der Waals surface area contributed by atoms with E-state index < -0.39 is 6.04 Å². The van der Waals surface area contributed by atoms with Gasteiger partial charge in [0, 0.05) is 35.3 Å². The van der Waals surface area contributed by atoms with Crippen molar-refractivity contribution in [3.05, 3.63) is 80.9 Å². The Labute approximate surface area is 203 Å². The minimum absolute atomic E-state index is 0.0895. The first kappa shape index (κ1) is 22.0. The lowest BCUT2D eigenvalue weighted by atomic mass is 9.95. The summed E-state index contributed by atoms with van der Waals surface area (Å²) >= 11 is 0. The molecule has 2 aromatic heterocycles. The fourth-order valence-corrected chi connectivity index (χ4v) is 5.69. The summed E-state index contributed by atoms with van der Waals surface area (Å²) in [7, 11) is 0. The van der Waals surface area contributed by atoms with Crippen molar-refractivity contribution >= 4 is 16.6 Å². The Balaban J connectivity index is 1.54. The van der Waals surface area contributed by atoms with Crippen molar-refractivity contribution in [2.75, 3.05) is 18.1 Å². The molecule has 2 atom stereocenters. The standard InChI is InChI=1S/C27H30N6O2/c1-17-13-18(2)21-15-22(27(34)28-23(21)14-17)25(32-11-5-8-19-7-3-4-10-24(19)32)26-29-30-31-33(26)16-20-9-6-12-35-20/h3-4,7,10,13-15,20,25H,5-6,8-9,11-12,16H2,1-2H3,(H,28,34)/t20-,25+/m1/s1. The molecule has 8 heteroatoms. The van der Waals surface area contributed by atoms with Gasteiger partial charge in [0.15, 0.2) is 5.82 Å². The number of pyridine rings is 1. The average Bonchev–Trinajstić information content (AvgIpc) is 3.53. The van der Waals surface area contributed by atoms with Gasteiger partial charge < -0.3 is 14.6 Å². The second kappa shape index (κ2) is 8.92. The molecule has 2 aromatic carbocycles. The third-order valence-electron chi connectivity index (χ3n) is 7.30. The molecule has 6 rings (SSSR count). The summed E-state index contributed by atoms with van der Waals surface area (Å²) in [4.78, 5) is 19.1. The molecule has 0 spiro atoms. The number of H-pyrrole nitrogens is 1. The second-order valence-electron chi connectivity index (χ2n) is 9.78. The van der Waals surface area contributed by atoms with Crippen LogP contribution in [-0.4, -0.2) is 44.4 Å². The Hall–Kier alpha value is -3.52. The van der Waals surface area contributed by atoms with Crippen LogP contribution in [0.5, 0.6) is 0 Å². The number of aromatic nitrogens is 5. The number of benzene rings is 2. The van der Waals surface area contributed by atoms with Gasteiger partial charge in [-0.2, -0.15) is 0 Å². The van der Waals surface area contributed by atoms with Gasteiger partial charge in [0.2, 0.25) is 0 Å². The molecule has 0 aliphatic carbocycles. The summed E-state index contributed by atoms with van der Waals surface area (Å²) in [5.74, 6) is 0.673. The average molecular weight is 471 g/mol. The molecule has 1 fully saturated rings. The van der Waals surface area contributed by atoms with E-state index in [2.05, 4.69) is 62.7 Å². The van der Waals surface area contributed by atoms with Gasteiger partial charge in [-0.25, -0.2) is 4.68 Å². The molecular weight excluding hydrogens is 440 g/mol. The lowest BCUT2D eigenvalue weighted by Crippen LogP contribution is -2.39. The van der Waals surface area contributed by atoms with Gasteiger partial charge >= 0.3 is 0 Å². The molecule has 8 nitrogen and oxygen atoms in total. The Morgan fingerprint density at radius 3 is 2.91 bits per heavy atom. The molecule has 180 valence electrons. The van der Waals surface area contributed by atoms with Crippen LogP contribution in [0.15, 0.2) is 47.3 Å². The molecule has 0 saturated carbocycles. The van der Waals surface area contributed by atoms with E-state index in [1.54, 1.807) is 0 Å². The highest BCUT2D eigenvalue weighted by atomic mass is 16.5. The van der Waals surface area contributed by atoms with Crippen LogP contribution in [0.2, 0.25) is 0 Å². The summed E-state index contributed by atoms with van der Waals surface area (Å²) in [6.07, 6.45) is 4.16. The summed E-state index contributed by atoms with van der Waals surface area (Å²) in [5, 5.41) is 13.9. The third kappa shape index (κ3) is 4.01. The third-order valence-corrected chi connectivity index (χ3v) is 7.30. The van der Waals surface area contributed by atoms with E-state index in [0.717, 1.165) is 66.6 Å². The van der Waals surface area contributed by atoms with Crippen LogP contribution < -0.4 is 10.5 Å². The zero-order valence-corrected chi connectivity index (χ0v) is 20.2. The zero-order valence-electron chi connectivity index (χ0n) is 20.2. The summed E-state index contributed by atoms with van der Waals surface area (Å²) in [5.41, 5.74) is 6.08. The SMILES string of the molecule is Cc1cc(C)c2cc([C@@H](c3nnnn3C[C@H]3CCCO3)N3CCCc4ccccc43)c(=O)[nH]c2c1. The number of tetrazole rings is 1. The van der Waals surface area contributed by atoms with E-state index in [1.807, 2.05) is 23.7 Å². The first-order valence-corrected chi connectivity index (χ1v) is 12.4. The number of anilines is 1. The van der Waals surface area contributed by atoms with E-state index in [-0.39, 0.29) is 11.7 Å². The molecule has 0 unspecified atom stereocenters. The maximum Gasteiger partial charge on any atom is 0.254 e. The van der Waals surface area contributed by atoms with E-state index in [4.69, 9.17) is 4.74 Å². The van der Waals surface area contributed by atoms with Crippen LogP contribution in [0.25, 0.3) is 10.9 Å². The van der Waals surface area contributed by atoms with Crippen LogP contribution in [0, 0.1) is 13.8 Å². The van der Waals surface area contributed by atoms with Gasteiger partial charge in [-0.1, -0.05) is 24.3 Å². The van der Waals surface area contributed by atoms with Crippen molar-refractivity contribution in [2.45, 2.75) is 58.2 Å². The quantitative estimate of drug-likeness (QED) is 0.477. The van der Waals surface area contributed by atoms with Crippen LogP contribution in [0.1, 0.15) is 53.4 Å². The van der Waals surface area contributed by atoms with Gasteiger partial charge in [0.05, 0.1) is 12.6 Å². The number of hydrogen-bond donors (Lipinski definition) is 1. The monoisotopic (exact) mass is 470 g/mol. The fourth-order valence-electron chi connectivity index (χ4n) is 5.69. The molecule has 1 N–H and O–H groups in total. The number of ether oxygens (including phenoxy) is 1. The molecule has 4 aromatic rings. The fraction of sp³-hybridized carbons (Fsp3) is 0.407. The Kier molecular flexibility index (Phi) is 5.60. The van der Waals surface area contributed by atoms with Crippen molar-refractivity contribution in [3.8, 4) is 0 Å². The van der Waals surface area contributed by atoms with E-state index in [0.29, 0.717) is 17.9 Å². The van der Waals surface area contributed by atoms with Gasteiger partial charge in [-0.15, -0.1) is 5.10 Å². The minimum atomic E-state index is -0.415. The lowest BCUT2D eigenvalue weighted by molar-refractivity contribution is 0.0924. The van der Waals surface area contributed by atoms with Crippen LogP contribution in [-0.2, 0) is 17.7 Å². The highest BCUT2D eigenvalue weighted by Crippen LogP contribution is 2.37. The number of nitrogens with zero attached hydrogens (tertiary/aromatic N) is 5. The second-order valence-corrected chi connectivity index (χ2v) is 9.78. The maximum atomic E-state index is 13.6. The number of nitrogens with one attached hydrogen (secondary N) is 1.